The van der Waals surface area contributed by atoms with Gasteiger partial charge in [-0.2, -0.15) is 0 Å². The Kier molecular flexibility index (Phi) is 9.15. The largest absolute Gasteiger partial charge is 0.396 e. The number of halogens is 1. The van der Waals surface area contributed by atoms with E-state index in [1.165, 1.54) is 0 Å². The molecule has 1 aliphatic heterocycles. The molecular weight excluding hydrogens is 268 g/mol. The summed E-state index contributed by atoms with van der Waals surface area (Å²) in [6, 6.07) is 0. The highest BCUT2D eigenvalue weighted by molar-refractivity contribution is 5.85. The van der Waals surface area contributed by atoms with Crippen LogP contribution in [0.4, 0.5) is 0 Å². The summed E-state index contributed by atoms with van der Waals surface area (Å²) in [5.41, 5.74) is 5.84. The average Bonchev–Trinajstić information content (AvgIpc) is 2.26. The van der Waals surface area contributed by atoms with Crippen LogP contribution in [0, 0.1) is 5.92 Å². The second-order valence-corrected chi connectivity index (χ2v) is 5.95. The van der Waals surface area contributed by atoms with Gasteiger partial charge in [-0.25, -0.2) is 0 Å². The highest BCUT2D eigenvalue weighted by Gasteiger charge is 2.29. The van der Waals surface area contributed by atoms with Gasteiger partial charge in [-0.05, 0) is 26.2 Å². The van der Waals surface area contributed by atoms with Gasteiger partial charge in [0, 0.05) is 38.9 Å². The van der Waals surface area contributed by atoms with E-state index in [-0.39, 0.29) is 36.6 Å². The standard InChI is InChI=1S/C13H28N2O3.ClH/c1-13(2,14)10-15-7-11(9-16)6-12(8-15)18-5-4-17-3;/h11-12,16H,4-10,14H2,1-3H3;1H. The third-order valence-corrected chi connectivity index (χ3v) is 3.10. The van der Waals surface area contributed by atoms with E-state index in [1.807, 2.05) is 13.8 Å². The third kappa shape index (κ3) is 8.07. The summed E-state index contributed by atoms with van der Waals surface area (Å²) in [7, 11) is 1.67. The Morgan fingerprint density at radius 2 is 2.00 bits per heavy atom. The Hall–Kier alpha value is 0.0900. The summed E-state index contributed by atoms with van der Waals surface area (Å²) in [4.78, 5) is 2.29. The minimum Gasteiger partial charge on any atom is -0.396 e. The van der Waals surface area contributed by atoms with Gasteiger partial charge in [0.2, 0.25) is 0 Å². The molecule has 5 nitrogen and oxygen atoms in total. The number of piperidine rings is 1. The molecule has 1 rings (SSSR count). The van der Waals surface area contributed by atoms with Crippen LogP contribution in [0.5, 0.6) is 0 Å². The highest BCUT2D eigenvalue weighted by Crippen LogP contribution is 2.20. The molecule has 1 heterocycles. The van der Waals surface area contributed by atoms with Crippen molar-refractivity contribution < 1.29 is 14.6 Å². The predicted octanol–water partition coefficient (Wildman–Crippen LogP) is 0.491. The van der Waals surface area contributed by atoms with Crippen LogP contribution >= 0.6 is 12.4 Å². The van der Waals surface area contributed by atoms with Crippen molar-refractivity contribution >= 4 is 12.4 Å². The maximum absolute atomic E-state index is 9.36. The summed E-state index contributed by atoms with van der Waals surface area (Å²) >= 11 is 0. The first-order chi connectivity index (χ1) is 8.44. The maximum atomic E-state index is 9.36. The number of likely N-dealkylation sites (tertiary alicyclic amines) is 1. The fourth-order valence-corrected chi connectivity index (χ4v) is 2.51. The fourth-order valence-electron chi connectivity index (χ4n) is 2.51. The van der Waals surface area contributed by atoms with Crippen LogP contribution in [0.3, 0.4) is 0 Å². The number of ether oxygens (including phenoxy) is 2. The molecule has 0 aromatic heterocycles. The lowest BCUT2D eigenvalue weighted by molar-refractivity contribution is -0.0464. The van der Waals surface area contributed by atoms with Crippen molar-refractivity contribution in [2.75, 3.05) is 46.6 Å². The summed E-state index contributed by atoms with van der Waals surface area (Å²) in [6.45, 7) is 8.11. The van der Waals surface area contributed by atoms with Crippen LogP contribution in [-0.4, -0.2) is 68.2 Å². The molecule has 0 radical (unpaired) electrons. The van der Waals surface area contributed by atoms with Crippen molar-refractivity contribution in [3.05, 3.63) is 0 Å². The van der Waals surface area contributed by atoms with Gasteiger partial charge in [-0.1, -0.05) is 0 Å². The lowest BCUT2D eigenvalue weighted by atomic mass is 9.95. The van der Waals surface area contributed by atoms with Gasteiger partial charge < -0.3 is 20.3 Å². The molecule has 2 atom stereocenters. The molecule has 3 N–H and O–H groups in total. The van der Waals surface area contributed by atoms with Crippen molar-refractivity contribution in [1.29, 1.82) is 0 Å². The van der Waals surface area contributed by atoms with Gasteiger partial charge in [-0.3, -0.25) is 4.90 Å². The molecule has 1 aliphatic rings. The second kappa shape index (κ2) is 9.10. The average molecular weight is 297 g/mol. The molecule has 0 aromatic carbocycles. The number of nitrogens with two attached hydrogens (primary N) is 1. The molecule has 0 aliphatic carbocycles. The number of hydrogen-bond donors (Lipinski definition) is 2. The highest BCUT2D eigenvalue weighted by atomic mass is 35.5. The van der Waals surface area contributed by atoms with Crippen molar-refractivity contribution in [3.63, 3.8) is 0 Å². The monoisotopic (exact) mass is 296 g/mol. The van der Waals surface area contributed by atoms with Crippen LogP contribution in [0.25, 0.3) is 0 Å². The first-order valence-corrected chi connectivity index (χ1v) is 6.67. The van der Waals surface area contributed by atoms with Gasteiger partial charge >= 0.3 is 0 Å². The maximum Gasteiger partial charge on any atom is 0.0707 e. The Labute approximate surface area is 122 Å². The zero-order valence-electron chi connectivity index (χ0n) is 12.3. The lowest BCUT2D eigenvalue weighted by Gasteiger charge is -2.39. The molecule has 0 spiro atoms. The molecule has 116 valence electrons. The van der Waals surface area contributed by atoms with Crippen molar-refractivity contribution in [3.8, 4) is 0 Å². The van der Waals surface area contributed by atoms with Crippen LogP contribution in [0.2, 0.25) is 0 Å². The number of methoxy groups -OCH3 is 1. The van der Waals surface area contributed by atoms with Crippen LogP contribution in [-0.2, 0) is 9.47 Å². The molecule has 1 saturated heterocycles. The number of hydrogen-bond acceptors (Lipinski definition) is 5. The van der Waals surface area contributed by atoms with Crippen LogP contribution in [0.1, 0.15) is 20.3 Å². The van der Waals surface area contributed by atoms with Gasteiger partial charge in [0.15, 0.2) is 0 Å². The quantitative estimate of drug-likeness (QED) is 0.669. The molecule has 19 heavy (non-hydrogen) atoms. The summed E-state index contributed by atoms with van der Waals surface area (Å²) in [5.74, 6) is 0.286. The van der Waals surface area contributed by atoms with Gasteiger partial charge in [0.05, 0.1) is 19.3 Å². The van der Waals surface area contributed by atoms with E-state index in [1.54, 1.807) is 7.11 Å². The van der Waals surface area contributed by atoms with E-state index in [0.29, 0.717) is 13.2 Å². The Morgan fingerprint density at radius 3 is 2.53 bits per heavy atom. The van der Waals surface area contributed by atoms with E-state index in [9.17, 15) is 5.11 Å². The zero-order valence-corrected chi connectivity index (χ0v) is 13.1. The minimum atomic E-state index is -0.214. The third-order valence-electron chi connectivity index (χ3n) is 3.10. The smallest absolute Gasteiger partial charge is 0.0707 e. The lowest BCUT2D eigenvalue weighted by Crippen LogP contribution is -2.52. The zero-order chi connectivity index (χ0) is 13.6. The van der Waals surface area contributed by atoms with Gasteiger partial charge in [-0.15, -0.1) is 12.4 Å². The summed E-state index contributed by atoms with van der Waals surface area (Å²) in [6.07, 6.45) is 1.09. The van der Waals surface area contributed by atoms with Gasteiger partial charge in [0.1, 0.15) is 0 Å². The Morgan fingerprint density at radius 1 is 1.32 bits per heavy atom. The topological polar surface area (TPSA) is 68.0 Å². The van der Waals surface area contributed by atoms with E-state index < -0.39 is 0 Å². The summed E-state index contributed by atoms with van der Waals surface area (Å²) < 4.78 is 10.8. The van der Waals surface area contributed by atoms with Crippen LogP contribution in [0.15, 0.2) is 0 Å². The van der Waals surface area contributed by atoms with Gasteiger partial charge in [0.25, 0.3) is 0 Å². The Bertz CT molecular complexity index is 236. The molecule has 2 unspecified atom stereocenters. The minimum absolute atomic E-state index is 0. The molecule has 0 amide bonds. The molecular formula is C13H29ClN2O3. The number of rotatable bonds is 7. The fraction of sp³-hybridized carbons (Fsp3) is 1.00. The molecule has 0 saturated carbocycles. The first-order valence-electron chi connectivity index (χ1n) is 6.67. The number of aliphatic hydroxyl groups is 1. The van der Waals surface area contributed by atoms with Crippen LogP contribution < -0.4 is 5.73 Å². The van der Waals surface area contributed by atoms with E-state index >= 15 is 0 Å². The number of aliphatic hydroxyl groups excluding tert-OH is 1. The number of nitrogens with zero attached hydrogens (tertiary/aromatic N) is 1. The summed E-state index contributed by atoms with van der Waals surface area (Å²) in [5, 5.41) is 9.36. The normalized spacial score (nSPS) is 25.1. The van der Waals surface area contributed by atoms with E-state index in [2.05, 4.69) is 4.90 Å². The second-order valence-electron chi connectivity index (χ2n) is 5.95. The van der Waals surface area contributed by atoms with Crippen molar-refractivity contribution in [2.45, 2.75) is 31.9 Å². The molecule has 6 heteroatoms. The SMILES string of the molecule is COCCOC1CC(CO)CN(CC(C)(C)N)C1.Cl. The first kappa shape index (κ1) is 19.1. The van der Waals surface area contributed by atoms with E-state index in [0.717, 1.165) is 26.1 Å². The van der Waals surface area contributed by atoms with E-state index in [4.69, 9.17) is 15.2 Å². The molecule has 0 bridgehead atoms. The van der Waals surface area contributed by atoms with Crippen molar-refractivity contribution in [2.24, 2.45) is 11.7 Å². The molecule has 0 aromatic rings. The molecule has 1 fully saturated rings. The Balaban J connectivity index is 0.00000324. The van der Waals surface area contributed by atoms with Crippen molar-refractivity contribution in [1.82, 2.24) is 4.90 Å². The predicted molar refractivity (Wildman–Crippen MR) is 78.8 cm³/mol.